The van der Waals surface area contributed by atoms with Crippen LogP contribution in [-0.2, 0) is 12.8 Å². The molecule has 8 heteroatoms. The van der Waals surface area contributed by atoms with Gasteiger partial charge in [0.15, 0.2) is 5.16 Å². The SMILES string of the molecule is Cn1cnnc1SCc1ccc(C(=O)NN)s1. The lowest BCUT2D eigenvalue weighted by Crippen LogP contribution is -2.29. The summed E-state index contributed by atoms with van der Waals surface area (Å²) in [6, 6.07) is 3.68. The number of amides is 1. The summed E-state index contributed by atoms with van der Waals surface area (Å²) in [7, 11) is 1.89. The third-order valence-electron chi connectivity index (χ3n) is 2.03. The second kappa shape index (κ2) is 5.30. The van der Waals surface area contributed by atoms with E-state index in [1.54, 1.807) is 24.2 Å². The van der Waals surface area contributed by atoms with Gasteiger partial charge in [0.25, 0.3) is 5.91 Å². The Balaban J connectivity index is 1.98. The molecule has 0 atom stereocenters. The van der Waals surface area contributed by atoms with Gasteiger partial charge in [-0.05, 0) is 12.1 Å². The van der Waals surface area contributed by atoms with Gasteiger partial charge < -0.3 is 4.57 Å². The molecular weight excluding hydrogens is 258 g/mol. The van der Waals surface area contributed by atoms with E-state index in [9.17, 15) is 4.79 Å². The van der Waals surface area contributed by atoms with Gasteiger partial charge >= 0.3 is 0 Å². The second-order valence-corrected chi connectivity index (χ2v) is 5.36. The maximum absolute atomic E-state index is 11.3. The molecule has 0 aliphatic carbocycles. The van der Waals surface area contributed by atoms with Crippen LogP contribution in [0.25, 0.3) is 0 Å². The number of nitrogens with one attached hydrogen (secondary N) is 1. The highest BCUT2D eigenvalue weighted by Gasteiger charge is 2.08. The third kappa shape index (κ3) is 2.84. The van der Waals surface area contributed by atoms with Crippen molar-refractivity contribution < 1.29 is 4.79 Å². The number of thiophene rings is 1. The zero-order valence-corrected chi connectivity index (χ0v) is 10.7. The van der Waals surface area contributed by atoms with Crippen LogP contribution < -0.4 is 11.3 Å². The number of rotatable bonds is 4. The van der Waals surface area contributed by atoms with E-state index in [-0.39, 0.29) is 5.91 Å². The Morgan fingerprint density at radius 2 is 2.47 bits per heavy atom. The molecule has 0 bridgehead atoms. The predicted octanol–water partition coefficient (Wildman–Crippen LogP) is 0.772. The quantitative estimate of drug-likeness (QED) is 0.370. The highest BCUT2D eigenvalue weighted by Crippen LogP contribution is 2.25. The van der Waals surface area contributed by atoms with Crippen LogP contribution in [0.1, 0.15) is 14.5 Å². The normalized spacial score (nSPS) is 10.5. The molecule has 3 N–H and O–H groups in total. The highest BCUT2D eigenvalue weighted by molar-refractivity contribution is 7.98. The Morgan fingerprint density at radius 3 is 3.12 bits per heavy atom. The molecular formula is C9H11N5OS2. The molecule has 0 aliphatic rings. The molecule has 2 rings (SSSR count). The van der Waals surface area contributed by atoms with Crippen molar-refractivity contribution in [3.63, 3.8) is 0 Å². The van der Waals surface area contributed by atoms with Crippen molar-refractivity contribution in [1.82, 2.24) is 20.2 Å². The van der Waals surface area contributed by atoms with E-state index >= 15 is 0 Å². The van der Waals surface area contributed by atoms with Gasteiger partial charge in [-0.2, -0.15) is 0 Å². The summed E-state index contributed by atoms with van der Waals surface area (Å²) >= 11 is 3.00. The van der Waals surface area contributed by atoms with E-state index in [2.05, 4.69) is 15.6 Å². The first-order valence-electron chi connectivity index (χ1n) is 4.77. The summed E-state index contributed by atoms with van der Waals surface area (Å²) in [5, 5.41) is 8.62. The lowest BCUT2D eigenvalue weighted by atomic mass is 10.4. The first-order chi connectivity index (χ1) is 8.20. The molecule has 2 heterocycles. The van der Waals surface area contributed by atoms with Gasteiger partial charge in [0.2, 0.25) is 0 Å². The Hall–Kier alpha value is -1.38. The Bertz CT molecular complexity index is 521. The van der Waals surface area contributed by atoms with Crippen molar-refractivity contribution in [2.75, 3.05) is 0 Å². The monoisotopic (exact) mass is 269 g/mol. The standard InChI is InChI=1S/C9H11N5OS2/c1-14-5-11-13-9(14)16-4-6-2-3-7(17-6)8(15)12-10/h2-3,5H,4,10H2,1H3,(H,12,15). The zero-order valence-electron chi connectivity index (χ0n) is 9.08. The summed E-state index contributed by atoms with van der Waals surface area (Å²) in [4.78, 5) is 13.0. The van der Waals surface area contributed by atoms with Crippen molar-refractivity contribution in [3.8, 4) is 0 Å². The number of hydrogen-bond acceptors (Lipinski definition) is 6. The predicted molar refractivity (Wildman–Crippen MR) is 66.5 cm³/mol. The zero-order chi connectivity index (χ0) is 12.3. The molecule has 0 unspecified atom stereocenters. The van der Waals surface area contributed by atoms with Gasteiger partial charge in [0.05, 0.1) is 4.88 Å². The fourth-order valence-corrected chi connectivity index (χ4v) is 3.03. The van der Waals surface area contributed by atoms with E-state index in [0.29, 0.717) is 4.88 Å². The fourth-order valence-electron chi connectivity index (χ4n) is 1.19. The Morgan fingerprint density at radius 1 is 1.65 bits per heavy atom. The first-order valence-corrected chi connectivity index (χ1v) is 6.57. The van der Waals surface area contributed by atoms with Gasteiger partial charge in [-0.15, -0.1) is 21.5 Å². The molecule has 0 aromatic carbocycles. The number of nitrogen functional groups attached to an aromatic ring is 1. The molecule has 17 heavy (non-hydrogen) atoms. The maximum Gasteiger partial charge on any atom is 0.275 e. The summed E-state index contributed by atoms with van der Waals surface area (Å²) in [5.41, 5.74) is 2.11. The van der Waals surface area contributed by atoms with Crippen LogP contribution in [-0.4, -0.2) is 20.7 Å². The topological polar surface area (TPSA) is 85.8 Å². The summed E-state index contributed by atoms with van der Waals surface area (Å²) in [5.74, 6) is 5.56. The molecule has 90 valence electrons. The van der Waals surface area contributed by atoms with Crippen LogP contribution in [0.4, 0.5) is 0 Å². The lowest BCUT2D eigenvalue weighted by molar-refractivity contribution is 0.0957. The molecule has 1 amide bonds. The smallest absolute Gasteiger partial charge is 0.275 e. The van der Waals surface area contributed by atoms with Gasteiger partial charge in [0, 0.05) is 17.7 Å². The maximum atomic E-state index is 11.3. The van der Waals surface area contributed by atoms with Crippen molar-refractivity contribution in [3.05, 3.63) is 28.2 Å². The second-order valence-electron chi connectivity index (χ2n) is 3.25. The van der Waals surface area contributed by atoms with Gasteiger partial charge in [-0.25, -0.2) is 5.84 Å². The number of carbonyl (C=O) groups is 1. The number of aromatic nitrogens is 3. The van der Waals surface area contributed by atoms with Crippen LogP contribution in [0.5, 0.6) is 0 Å². The Kier molecular flexibility index (Phi) is 3.77. The number of nitrogens with two attached hydrogens (primary N) is 1. The van der Waals surface area contributed by atoms with Gasteiger partial charge in [0.1, 0.15) is 6.33 Å². The number of hydrogen-bond donors (Lipinski definition) is 2. The van der Waals surface area contributed by atoms with Crippen molar-refractivity contribution >= 4 is 29.0 Å². The molecule has 2 aromatic heterocycles. The van der Waals surface area contributed by atoms with E-state index in [4.69, 9.17) is 5.84 Å². The summed E-state index contributed by atoms with van der Waals surface area (Å²) in [6.07, 6.45) is 1.66. The van der Waals surface area contributed by atoms with Crippen molar-refractivity contribution in [2.24, 2.45) is 12.9 Å². The molecule has 0 radical (unpaired) electrons. The number of hydrazine groups is 1. The molecule has 6 nitrogen and oxygen atoms in total. The highest BCUT2D eigenvalue weighted by atomic mass is 32.2. The minimum absolute atomic E-state index is 0.259. The number of aryl methyl sites for hydroxylation is 1. The van der Waals surface area contributed by atoms with Gasteiger partial charge in [-0.3, -0.25) is 10.2 Å². The van der Waals surface area contributed by atoms with Crippen LogP contribution in [0.3, 0.4) is 0 Å². The molecule has 2 aromatic rings. The van der Waals surface area contributed by atoms with Crippen molar-refractivity contribution in [1.29, 1.82) is 0 Å². The largest absolute Gasteiger partial charge is 0.312 e. The van der Waals surface area contributed by atoms with E-state index in [1.165, 1.54) is 11.3 Å². The van der Waals surface area contributed by atoms with Crippen LogP contribution in [0, 0.1) is 0 Å². The lowest BCUT2D eigenvalue weighted by Gasteiger charge is -1.97. The van der Waals surface area contributed by atoms with E-state index in [1.807, 2.05) is 17.7 Å². The van der Waals surface area contributed by atoms with Gasteiger partial charge in [-0.1, -0.05) is 11.8 Å². The van der Waals surface area contributed by atoms with Crippen LogP contribution in [0.15, 0.2) is 23.6 Å². The Labute approximate surface area is 106 Å². The average Bonchev–Trinajstić information content (AvgIpc) is 2.94. The van der Waals surface area contributed by atoms with Crippen LogP contribution >= 0.6 is 23.1 Å². The van der Waals surface area contributed by atoms with E-state index < -0.39 is 0 Å². The number of nitrogens with zero attached hydrogens (tertiary/aromatic N) is 3. The average molecular weight is 269 g/mol. The molecule has 0 spiro atoms. The molecule has 0 saturated carbocycles. The molecule has 0 aliphatic heterocycles. The third-order valence-corrected chi connectivity index (χ3v) is 4.38. The molecule has 0 fully saturated rings. The number of carbonyl (C=O) groups excluding carboxylic acids is 1. The number of thioether (sulfide) groups is 1. The first kappa shape index (κ1) is 12.1. The minimum atomic E-state index is -0.259. The minimum Gasteiger partial charge on any atom is -0.312 e. The summed E-state index contributed by atoms with van der Waals surface area (Å²) in [6.45, 7) is 0. The van der Waals surface area contributed by atoms with E-state index in [0.717, 1.165) is 15.8 Å². The fraction of sp³-hybridized carbons (Fsp3) is 0.222. The van der Waals surface area contributed by atoms with Crippen LogP contribution in [0.2, 0.25) is 0 Å². The summed E-state index contributed by atoms with van der Waals surface area (Å²) < 4.78 is 1.85. The molecule has 0 saturated heterocycles. The van der Waals surface area contributed by atoms with Crippen molar-refractivity contribution in [2.45, 2.75) is 10.9 Å².